The van der Waals surface area contributed by atoms with Gasteiger partial charge in [0.1, 0.15) is 5.75 Å². The van der Waals surface area contributed by atoms with Crippen molar-refractivity contribution in [3.63, 3.8) is 0 Å². The Labute approximate surface area is 198 Å². The van der Waals surface area contributed by atoms with Crippen LogP contribution in [0.5, 0.6) is 5.75 Å². The molecule has 0 unspecified atom stereocenters. The number of ether oxygens (including phenoxy) is 1. The molecule has 168 valence electrons. The van der Waals surface area contributed by atoms with E-state index in [-0.39, 0.29) is 17.7 Å². The second-order valence-electron chi connectivity index (χ2n) is 7.59. The summed E-state index contributed by atoms with van der Waals surface area (Å²) in [6, 6.07) is 27.8. The van der Waals surface area contributed by atoms with Crippen LogP contribution in [0.2, 0.25) is 0 Å². The van der Waals surface area contributed by atoms with Crippen LogP contribution < -0.4 is 10.1 Å². The van der Waals surface area contributed by atoms with Crippen molar-refractivity contribution in [1.29, 1.82) is 0 Å². The van der Waals surface area contributed by atoms with Crippen LogP contribution in [0.1, 0.15) is 24.1 Å². The van der Waals surface area contributed by atoms with Crippen molar-refractivity contribution >= 4 is 17.7 Å². The number of carbonyl (C=O) groups is 1. The Morgan fingerprint density at radius 2 is 1.64 bits per heavy atom. The Balaban J connectivity index is 1.51. The number of thioether (sulfide) groups is 1. The van der Waals surface area contributed by atoms with E-state index >= 15 is 0 Å². The number of nitrogens with one attached hydrogen (secondary N) is 1. The highest BCUT2D eigenvalue weighted by Gasteiger charge is 2.17. The van der Waals surface area contributed by atoms with Gasteiger partial charge in [0.2, 0.25) is 5.91 Å². The standard InChI is InChI=1S/C26H26N4O2S/c1-19(21-11-7-4-8-12-21)27-24(31)18-33-26-29-28-25(22-13-15-23(32-2)16-14-22)30(26)17-20-9-5-3-6-10-20/h3-16,19H,17-18H2,1-2H3,(H,27,31)/t19-/m0/s1. The van der Waals surface area contributed by atoms with Crippen molar-refractivity contribution in [1.82, 2.24) is 20.1 Å². The van der Waals surface area contributed by atoms with Gasteiger partial charge < -0.3 is 10.1 Å². The minimum atomic E-state index is -0.0589. The maximum Gasteiger partial charge on any atom is 0.230 e. The third kappa shape index (κ3) is 5.81. The Hall–Kier alpha value is -3.58. The van der Waals surface area contributed by atoms with Gasteiger partial charge in [-0.2, -0.15) is 0 Å². The third-order valence-electron chi connectivity index (χ3n) is 5.26. The molecule has 7 heteroatoms. The number of methoxy groups -OCH3 is 1. The van der Waals surface area contributed by atoms with Gasteiger partial charge in [-0.25, -0.2) is 0 Å². The summed E-state index contributed by atoms with van der Waals surface area (Å²) in [6.07, 6.45) is 0. The van der Waals surface area contributed by atoms with Gasteiger partial charge in [-0.1, -0.05) is 72.4 Å². The zero-order valence-electron chi connectivity index (χ0n) is 18.6. The van der Waals surface area contributed by atoms with Gasteiger partial charge in [-0.3, -0.25) is 9.36 Å². The van der Waals surface area contributed by atoms with Crippen molar-refractivity contribution in [2.75, 3.05) is 12.9 Å². The third-order valence-corrected chi connectivity index (χ3v) is 6.22. The second-order valence-corrected chi connectivity index (χ2v) is 8.54. The van der Waals surface area contributed by atoms with E-state index in [1.165, 1.54) is 11.8 Å². The fourth-order valence-corrected chi connectivity index (χ4v) is 4.24. The molecule has 0 aliphatic carbocycles. The van der Waals surface area contributed by atoms with Crippen LogP contribution in [-0.4, -0.2) is 33.5 Å². The zero-order chi connectivity index (χ0) is 23.0. The van der Waals surface area contributed by atoms with E-state index in [9.17, 15) is 4.79 Å². The Kier molecular flexibility index (Phi) is 7.42. The van der Waals surface area contributed by atoms with Gasteiger partial charge in [-0.15, -0.1) is 10.2 Å². The predicted octanol–water partition coefficient (Wildman–Crippen LogP) is 4.97. The molecular weight excluding hydrogens is 432 g/mol. The predicted molar refractivity (Wildman–Crippen MR) is 131 cm³/mol. The van der Waals surface area contributed by atoms with Crippen LogP contribution in [0.15, 0.2) is 90.1 Å². The molecule has 0 spiro atoms. The molecule has 1 aromatic heterocycles. The molecule has 0 saturated carbocycles. The van der Waals surface area contributed by atoms with Gasteiger partial charge in [-0.05, 0) is 42.3 Å². The summed E-state index contributed by atoms with van der Waals surface area (Å²) in [5.74, 6) is 1.75. The molecule has 4 aromatic rings. The van der Waals surface area contributed by atoms with Gasteiger partial charge in [0.25, 0.3) is 0 Å². The molecule has 0 bridgehead atoms. The molecule has 6 nitrogen and oxygen atoms in total. The minimum Gasteiger partial charge on any atom is -0.497 e. The molecule has 0 fully saturated rings. The first-order valence-electron chi connectivity index (χ1n) is 10.7. The first-order valence-corrected chi connectivity index (χ1v) is 11.7. The number of rotatable bonds is 9. The van der Waals surface area contributed by atoms with Crippen molar-refractivity contribution in [3.8, 4) is 17.1 Å². The molecule has 1 atom stereocenters. The molecule has 1 heterocycles. The zero-order valence-corrected chi connectivity index (χ0v) is 19.5. The average molecular weight is 459 g/mol. The van der Waals surface area contributed by atoms with Gasteiger partial charge in [0.05, 0.1) is 25.4 Å². The van der Waals surface area contributed by atoms with E-state index in [4.69, 9.17) is 4.74 Å². The topological polar surface area (TPSA) is 69.0 Å². The first kappa shape index (κ1) is 22.6. The van der Waals surface area contributed by atoms with Crippen LogP contribution in [0.25, 0.3) is 11.4 Å². The smallest absolute Gasteiger partial charge is 0.230 e. The number of carbonyl (C=O) groups excluding carboxylic acids is 1. The van der Waals surface area contributed by atoms with E-state index in [1.54, 1.807) is 7.11 Å². The van der Waals surface area contributed by atoms with E-state index in [2.05, 4.69) is 32.2 Å². The van der Waals surface area contributed by atoms with E-state index in [0.717, 1.165) is 28.3 Å². The number of nitrogens with zero attached hydrogens (tertiary/aromatic N) is 3. The fourth-order valence-electron chi connectivity index (χ4n) is 3.50. The summed E-state index contributed by atoms with van der Waals surface area (Å²) in [7, 11) is 1.64. The molecule has 0 aliphatic rings. The molecule has 1 N–H and O–H groups in total. The van der Waals surface area contributed by atoms with E-state index in [0.29, 0.717) is 11.7 Å². The monoisotopic (exact) mass is 458 g/mol. The lowest BCUT2D eigenvalue weighted by Crippen LogP contribution is -2.28. The number of hydrogen-bond acceptors (Lipinski definition) is 5. The van der Waals surface area contributed by atoms with Gasteiger partial charge >= 0.3 is 0 Å². The van der Waals surface area contributed by atoms with Gasteiger partial charge in [0, 0.05) is 5.56 Å². The van der Waals surface area contributed by atoms with Gasteiger partial charge in [0.15, 0.2) is 11.0 Å². The lowest BCUT2D eigenvalue weighted by atomic mass is 10.1. The summed E-state index contributed by atoms with van der Waals surface area (Å²) in [6.45, 7) is 2.59. The molecule has 1 amide bonds. The quantitative estimate of drug-likeness (QED) is 0.359. The molecule has 0 radical (unpaired) electrons. The number of hydrogen-bond donors (Lipinski definition) is 1. The van der Waals surface area contributed by atoms with Crippen molar-refractivity contribution in [3.05, 3.63) is 96.1 Å². The number of amides is 1. The largest absolute Gasteiger partial charge is 0.497 e. The Morgan fingerprint density at radius 1 is 0.970 bits per heavy atom. The summed E-state index contributed by atoms with van der Waals surface area (Å²) >= 11 is 1.39. The molecule has 0 saturated heterocycles. The SMILES string of the molecule is COc1ccc(-c2nnc(SCC(=O)N[C@@H](C)c3ccccc3)n2Cc2ccccc2)cc1. The van der Waals surface area contributed by atoms with Crippen LogP contribution in [-0.2, 0) is 11.3 Å². The summed E-state index contributed by atoms with van der Waals surface area (Å²) < 4.78 is 7.32. The summed E-state index contributed by atoms with van der Waals surface area (Å²) in [5.41, 5.74) is 3.15. The summed E-state index contributed by atoms with van der Waals surface area (Å²) in [4.78, 5) is 12.6. The van der Waals surface area contributed by atoms with Crippen LogP contribution in [0, 0.1) is 0 Å². The fraction of sp³-hybridized carbons (Fsp3) is 0.192. The van der Waals surface area contributed by atoms with E-state index < -0.39 is 0 Å². The number of benzene rings is 3. The van der Waals surface area contributed by atoms with Crippen molar-refractivity contribution in [2.45, 2.75) is 24.7 Å². The maximum atomic E-state index is 12.6. The normalized spacial score (nSPS) is 11.7. The van der Waals surface area contributed by atoms with Crippen molar-refractivity contribution in [2.24, 2.45) is 0 Å². The second kappa shape index (κ2) is 10.8. The average Bonchev–Trinajstić information content (AvgIpc) is 3.26. The highest BCUT2D eigenvalue weighted by molar-refractivity contribution is 7.99. The van der Waals surface area contributed by atoms with Crippen LogP contribution >= 0.6 is 11.8 Å². The Morgan fingerprint density at radius 3 is 2.30 bits per heavy atom. The van der Waals surface area contributed by atoms with Crippen LogP contribution in [0.4, 0.5) is 0 Å². The molecule has 4 rings (SSSR count). The maximum absolute atomic E-state index is 12.6. The van der Waals surface area contributed by atoms with Crippen LogP contribution in [0.3, 0.4) is 0 Å². The van der Waals surface area contributed by atoms with E-state index in [1.807, 2.05) is 79.7 Å². The first-order chi connectivity index (χ1) is 16.1. The molecule has 3 aromatic carbocycles. The lowest BCUT2D eigenvalue weighted by molar-refractivity contribution is -0.119. The summed E-state index contributed by atoms with van der Waals surface area (Å²) in [5, 5.41) is 12.6. The highest BCUT2D eigenvalue weighted by atomic mass is 32.2. The molecule has 33 heavy (non-hydrogen) atoms. The highest BCUT2D eigenvalue weighted by Crippen LogP contribution is 2.27. The molecule has 0 aliphatic heterocycles. The molecular formula is C26H26N4O2S. The van der Waals surface area contributed by atoms with Crippen molar-refractivity contribution < 1.29 is 9.53 Å². The minimum absolute atomic E-state index is 0.0448. The number of aromatic nitrogens is 3. The Bertz CT molecular complexity index is 1180. The lowest BCUT2D eigenvalue weighted by Gasteiger charge is -2.14.